The van der Waals surface area contributed by atoms with Crippen molar-refractivity contribution < 1.29 is 9.32 Å². The summed E-state index contributed by atoms with van der Waals surface area (Å²) in [5, 5.41) is 6.17. The van der Waals surface area contributed by atoms with E-state index in [-0.39, 0.29) is 11.8 Å². The summed E-state index contributed by atoms with van der Waals surface area (Å²) in [5.41, 5.74) is 0.869. The van der Waals surface area contributed by atoms with Gasteiger partial charge in [0.1, 0.15) is 11.6 Å². The molecule has 1 rings (SSSR count). The van der Waals surface area contributed by atoms with Gasteiger partial charge in [0.2, 0.25) is 5.91 Å². The molecule has 0 atom stereocenters. The Morgan fingerprint density at radius 1 is 1.83 bits per heavy atom. The van der Waals surface area contributed by atoms with Gasteiger partial charge < -0.3 is 9.84 Å². The molecule has 0 bridgehead atoms. The zero-order chi connectivity index (χ0) is 8.97. The number of hydrogen-bond donors (Lipinski definition) is 1. The van der Waals surface area contributed by atoms with Crippen molar-refractivity contribution in [2.45, 2.75) is 13.5 Å². The minimum absolute atomic E-state index is 0.0235. The summed E-state index contributed by atoms with van der Waals surface area (Å²) in [7, 11) is 0. The third kappa shape index (κ3) is 2.23. The van der Waals surface area contributed by atoms with Gasteiger partial charge in [-0.1, -0.05) is 5.16 Å². The first kappa shape index (κ1) is 9.06. The van der Waals surface area contributed by atoms with Gasteiger partial charge in [-0.3, -0.25) is 4.79 Å². The van der Waals surface area contributed by atoms with E-state index in [0.29, 0.717) is 12.3 Å². The number of carbonyl (C=O) groups excluding carboxylic acids is 1. The summed E-state index contributed by atoms with van der Waals surface area (Å²) in [5.74, 6) is 0.492. The molecule has 0 aliphatic heterocycles. The lowest BCUT2D eigenvalue weighted by molar-refractivity contribution is -0.118. The van der Waals surface area contributed by atoms with E-state index in [4.69, 9.17) is 16.1 Å². The second-order valence-corrected chi connectivity index (χ2v) is 2.58. The highest BCUT2D eigenvalue weighted by Gasteiger charge is 2.03. The summed E-state index contributed by atoms with van der Waals surface area (Å²) in [4.78, 5) is 10.7. The number of halogens is 1. The fraction of sp³-hybridized carbons (Fsp3) is 0.429. The Morgan fingerprint density at radius 3 is 3.08 bits per heavy atom. The highest BCUT2D eigenvalue weighted by molar-refractivity contribution is 6.27. The van der Waals surface area contributed by atoms with E-state index < -0.39 is 0 Å². The standard InChI is InChI=1S/C7H9ClN2O2/c1-5-6(4-10-12-5)3-9-7(11)2-8/h4H,2-3H2,1H3,(H,9,11). The Labute approximate surface area is 74.9 Å². The topological polar surface area (TPSA) is 55.1 Å². The van der Waals surface area contributed by atoms with Gasteiger partial charge in [-0.25, -0.2) is 0 Å². The van der Waals surface area contributed by atoms with Gasteiger partial charge >= 0.3 is 0 Å². The molecule has 1 N–H and O–H groups in total. The van der Waals surface area contributed by atoms with Gasteiger partial charge in [0.15, 0.2) is 0 Å². The summed E-state index contributed by atoms with van der Waals surface area (Å²) in [6, 6.07) is 0. The lowest BCUT2D eigenvalue weighted by atomic mass is 10.3. The van der Waals surface area contributed by atoms with Crippen molar-refractivity contribution in [3.63, 3.8) is 0 Å². The SMILES string of the molecule is Cc1oncc1CNC(=O)CCl. The predicted molar refractivity (Wildman–Crippen MR) is 43.8 cm³/mol. The number of aryl methyl sites for hydroxylation is 1. The lowest BCUT2D eigenvalue weighted by Crippen LogP contribution is -2.23. The average molecular weight is 189 g/mol. The number of amides is 1. The molecule has 0 saturated carbocycles. The number of nitrogens with one attached hydrogen (secondary N) is 1. The number of carbonyl (C=O) groups is 1. The number of hydrogen-bond acceptors (Lipinski definition) is 3. The van der Waals surface area contributed by atoms with Crippen LogP contribution >= 0.6 is 11.6 Å². The van der Waals surface area contributed by atoms with Crippen molar-refractivity contribution in [1.82, 2.24) is 10.5 Å². The number of aromatic nitrogens is 1. The highest BCUT2D eigenvalue weighted by atomic mass is 35.5. The van der Waals surface area contributed by atoms with Crippen molar-refractivity contribution in [3.05, 3.63) is 17.5 Å². The summed E-state index contributed by atoms with van der Waals surface area (Å²) in [6.07, 6.45) is 1.57. The molecule has 0 aliphatic rings. The Kier molecular flexibility index (Phi) is 3.10. The van der Waals surface area contributed by atoms with Crippen LogP contribution in [0.1, 0.15) is 11.3 Å². The molecule has 66 valence electrons. The number of alkyl halides is 1. The van der Waals surface area contributed by atoms with Crippen molar-refractivity contribution >= 4 is 17.5 Å². The van der Waals surface area contributed by atoms with Gasteiger partial charge in [0, 0.05) is 12.1 Å². The van der Waals surface area contributed by atoms with Gasteiger partial charge in [0.05, 0.1) is 6.20 Å². The first-order valence-corrected chi connectivity index (χ1v) is 4.00. The van der Waals surface area contributed by atoms with Crippen molar-refractivity contribution in [1.29, 1.82) is 0 Å². The maximum Gasteiger partial charge on any atom is 0.235 e. The van der Waals surface area contributed by atoms with Crippen LogP contribution < -0.4 is 5.32 Å². The van der Waals surface area contributed by atoms with Gasteiger partial charge in [-0.05, 0) is 6.92 Å². The third-order valence-electron chi connectivity index (χ3n) is 1.45. The fourth-order valence-electron chi connectivity index (χ4n) is 0.730. The van der Waals surface area contributed by atoms with E-state index in [1.807, 2.05) is 0 Å². The molecule has 1 amide bonds. The molecule has 1 heterocycles. The van der Waals surface area contributed by atoms with Crippen molar-refractivity contribution in [2.75, 3.05) is 5.88 Å². The molecule has 12 heavy (non-hydrogen) atoms. The first-order chi connectivity index (χ1) is 5.74. The van der Waals surface area contributed by atoms with Crippen LogP contribution in [0.3, 0.4) is 0 Å². The van der Waals surface area contributed by atoms with Crippen molar-refractivity contribution in [2.24, 2.45) is 0 Å². The van der Waals surface area contributed by atoms with Crippen LogP contribution in [-0.2, 0) is 11.3 Å². The minimum atomic E-state index is -0.197. The van der Waals surface area contributed by atoms with Crippen molar-refractivity contribution in [3.8, 4) is 0 Å². The smallest absolute Gasteiger partial charge is 0.235 e. The van der Waals surface area contributed by atoms with Gasteiger partial charge in [0.25, 0.3) is 0 Å². The highest BCUT2D eigenvalue weighted by Crippen LogP contribution is 2.04. The summed E-state index contributed by atoms with van der Waals surface area (Å²) in [6.45, 7) is 2.20. The molecule has 0 unspecified atom stereocenters. The average Bonchev–Trinajstić information content (AvgIpc) is 2.47. The van der Waals surface area contributed by atoms with Crippen LogP contribution in [0, 0.1) is 6.92 Å². The molecule has 0 saturated heterocycles. The molecule has 5 heteroatoms. The Bertz CT molecular complexity index is 272. The van der Waals surface area contributed by atoms with Crippen LogP contribution in [0.2, 0.25) is 0 Å². The lowest BCUT2D eigenvalue weighted by Gasteiger charge is -1.99. The summed E-state index contributed by atoms with van der Waals surface area (Å²) < 4.78 is 4.80. The zero-order valence-corrected chi connectivity index (χ0v) is 7.39. The minimum Gasteiger partial charge on any atom is -0.361 e. The fourth-order valence-corrected chi connectivity index (χ4v) is 0.824. The zero-order valence-electron chi connectivity index (χ0n) is 6.63. The van der Waals surface area contributed by atoms with E-state index in [1.54, 1.807) is 13.1 Å². The van der Waals surface area contributed by atoms with Gasteiger partial charge in [-0.2, -0.15) is 0 Å². The molecule has 0 spiro atoms. The van der Waals surface area contributed by atoms with E-state index in [1.165, 1.54) is 0 Å². The molecule has 4 nitrogen and oxygen atoms in total. The molecule has 0 aliphatic carbocycles. The first-order valence-electron chi connectivity index (χ1n) is 3.47. The monoisotopic (exact) mass is 188 g/mol. The molecule has 0 fully saturated rings. The predicted octanol–water partition coefficient (Wildman–Crippen LogP) is 0.838. The maximum absolute atomic E-state index is 10.7. The van der Waals surface area contributed by atoms with Gasteiger partial charge in [-0.15, -0.1) is 11.6 Å². The van der Waals surface area contributed by atoms with Crippen LogP contribution in [-0.4, -0.2) is 16.9 Å². The largest absolute Gasteiger partial charge is 0.361 e. The van der Waals surface area contributed by atoms with E-state index in [0.717, 1.165) is 5.56 Å². The molecular formula is C7H9ClN2O2. The maximum atomic E-state index is 10.7. The Morgan fingerprint density at radius 2 is 2.58 bits per heavy atom. The molecule has 1 aromatic heterocycles. The second kappa shape index (κ2) is 4.11. The van der Waals surface area contributed by atoms with E-state index in [9.17, 15) is 4.79 Å². The normalized spacial score (nSPS) is 9.83. The molecule has 0 aromatic carbocycles. The third-order valence-corrected chi connectivity index (χ3v) is 1.69. The summed E-state index contributed by atoms with van der Waals surface area (Å²) >= 11 is 5.28. The number of rotatable bonds is 3. The molecular weight excluding hydrogens is 180 g/mol. The Balaban J connectivity index is 2.43. The quantitative estimate of drug-likeness (QED) is 0.716. The molecule has 0 radical (unpaired) electrons. The molecule has 1 aromatic rings. The second-order valence-electron chi connectivity index (χ2n) is 2.32. The van der Waals surface area contributed by atoms with E-state index in [2.05, 4.69) is 10.5 Å². The van der Waals surface area contributed by atoms with Crippen LogP contribution in [0.25, 0.3) is 0 Å². The van der Waals surface area contributed by atoms with Crippen LogP contribution in [0.5, 0.6) is 0 Å². The van der Waals surface area contributed by atoms with Crippen LogP contribution in [0.15, 0.2) is 10.7 Å². The Hall–Kier alpha value is -1.03. The number of nitrogens with zero attached hydrogens (tertiary/aromatic N) is 1. The van der Waals surface area contributed by atoms with Crippen LogP contribution in [0.4, 0.5) is 0 Å². The van der Waals surface area contributed by atoms with E-state index >= 15 is 0 Å².